The summed E-state index contributed by atoms with van der Waals surface area (Å²) in [6.07, 6.45) is 2.13. The number of nitriles is 1. The van der Waals surface area contributed by atoms with Gasteiger partial charge in [-0.3, -0.25) is 0 Å². The quantitative estimate of drug-likeness (QED) is 0.871. The van der Waals surface area contributed by atoms with E-state index in [1.807, 2.05) is 24.3 Å². The van der Waals surface area contributed by atoms with Crippen molar-refractivity contribution >= 4 is 24.8 Å². The third kappa shape index (κ3) is 5.51. The number of nitrogens with two attached hydrogens (primary N) is 1. The lowest BCUT2D eigenvalue weighted by molar-refractivity contribution is 0.265. The van der Waals surface area contributed by atoms with E-state index >= 15 is 0 Å². The monoisotopic (exact) mass is 341 g/mol. The molecule has 0 aliphatic carbocycles. The van der Waals surface area contributed by atoms with Crippen molar-refractivity contribution in [2.24, 2.45) is 5.73 Å². The van der Waals surface area contributed by atoms with E-state index in [4.69, 9.17) is 20.8 Å². The molecule has 118 valence electrons. The number of halogens is 2. The van der Waals surface area contributed by atoms with Crippen LogP contribution in [0.15, 0.2) is 42.6 Å². The highest BCUT2D eigenvalue weighted by Crippen LogP contribution is 2.23. The number of benzene rings is 1. The van der Waals surface area contributed by atoms with Gasteiger partial charge in [0.15, 0.2) is 0 Å². The maximum atomic E-state index is 8.99. The Labute approximate surface area is 141 Å². The minimum Gasteiger partial charge on any atom is -0.438 e. The molecule has 0 fully saturated rings. The summed E-state index contributed by atoms with van der Waals surface area (Å²) >= 11 is 0. The fourth-order valence-electron chi connectivity index (χ4n) is 1.77. The average molecular weight is 342 g/mol. The number of pyridine rings is 1. The molecule has 3 N–H and O–H groups in total. The number of aliphatic hydroxyl groups is 1. The molecule has 0 bridgehead atoms. The molecule has 0 amide bonds. The highest BCUT2D eigenvalue weighted by atomic mass is 35.5. The van der Waals surface area contributed by atoms with Gasteiger partial charge in [0.1, 0.15) is 17.4 Å². The first kappa shape index (κ1) is 20.2. The Balaban J connectivity index is 0.00000220. The number of nitrogens with zero attached hydrogens (tertiary/aromatic N) is 2. The molecule has 0 saturated carbocycles. The van der Waals surface area contributed by atoms with Gasteiger partial charge in [-0.25, -0.2) is 4.98 Å². The second kappa shape index (κ2) is 9.98. The first-order valence-corrected chi connectivity index (χ1v) is 6.21. The zero-order chi connectivity index (χ0) is 14.4. The lowest BCUT2D eigenvalue weighted by Crippen LogP contribution is -2.26. The SMILES string of the molecule is Cl.Cl.N#Cc1cccnc1Oc1cccc(C[C@H](N)CO)c1. The van der Waals surface area contributed by atoms with Crippen LogP contribution in [0, 0.1) is 11.3 Å². The minimum absolute atomic E-state index is 0. The van der Waals surface area contributed by atoms with Crippen molar-refractivity contribution in [3.05, 3.63) is 53.7 Å². The summed E-state index contributed by atoms with van der Waals surface area (Å²) in [4.78, 5) is 4.04. The van der Waals surface area contributed by atoms with Gasteiger partial charge in [-0.1, -0.05) is 12.1 Å². The molecule has 1 atom stereocenters. The molecule has 0 radical (unpaired) electrons. The van der Waals surface area contributed by atoms with Crippen molar-refractivity contribution in [1.29, 1.82) is 5.26 Å². The normalized spacial score (nSPS) is 10.6. The minimum atomic E-state index is -0.297. The summed E-state index contributed by atoms with van der Waals surface area (Å²) in [5.41, 5.74) is 7.04. The summed E-state index contributed by atoms with van der Waals surface area (Å²) in [5.74, 6) is 0.862. The standard InChI is InChI=1S/C15H15N3O2.2ClH/c16-9-12-4-2-6-18-15(12)20-14-5-1-3-11(8-14)7-13(17)10-19;;/h1-6,8,13,19H,7,10,17H2;2*1H/t13-;;/m0../s1. The Hall–Kier alpha value is -1.84. The Morgan fingerprint density at radius 1 is 1.27 bits per heavy atom. The van der Waals surface area contributed by atoms with Crippen LogP contribution in [-0.2, 0) is 6.42 Å². The smallest absolute Gasteiger partial charge is 0.237 e. The zero-order valence-electron chi connectivity index (χ0n) is 11.7. The summed E-state index contributed by atoms with van der Waals surface area (Å²) in [5, 5.41) is 18.0. The van der Waals surface area contributed by atoms with Crippen LogP contribution >= 0.6 is 24.8 Å². The number of aliphatic hydroxyl groups excluding tert-OH is 1. The summed E-state index contributed by atoms with van der Waals surface area (Å²) in [6, 6.07) is 12.4. The van der Waals surface area contributed by atoms with Gasteiger partial charge in [-0.2, -0.15) is 5.26 Å². The molecule has 22 heavy (non-hydrogen) atoms. The molecule has 2 aromatic rings. The zero-order valence-corrected chi connectivity index (χ0v) is 13.3. The van der Waals surface area contributed by atoms with Crippen molar-refractivity contribution in [3.63, 3.8) is 0 Å². The molecule has 0 aliphatic heterocycles. The topological polar surface area (TPSA) is 92.2 Å². The van der Waals surface area contributed by atoms with Crippen molar-refractivity contribution in [3.8, 4) is 17.7 Å². The summed E-state index contributed by atoms with van der Waals surface area (Å²) in [7, 11) is 0. The fraction of sp³-hybridized carbons (Fsp3) is 0.200. The molecule has 0 saturated heterocycles. The van der Waals surface area contributed by atoms with Crippen LogP contribution in [0.4, 0.5) is 0 Å². The van der Waals surface area contributed by atoms with Crippen molar-refractivity contribution < 1.29 is 9.84 Å². The summed E-state index contributed by atoms with van der Waals surface area (Å²) < 4.78 is 5.62. The van der Waals surface area contributed by atoms with Crippen LogP contribution in [0.25, 0.3) is 0 Å². The van der Waals surface area contributed by atoms with E-state index in [1.165, 1.54) is 0 Å². The van der Waals surface area contributed by atoms with Crippen molar-refractivity contribution in [2.75, 3.05) is 6.61 Å². The van der Waals surface area contributed by atoms with Gasteiger partial charge >= 0.3 is 0 Å². The van der Waals surface area contributed by atoms with Gasteiger partial charge in [0.25, 0.3) is 0 Å². The Kier molecular flexibility index (Phi) is 9.15. The van der Waals surface area contributed by atoms with Crippen LogP contribution in [-0.4, -0.2) is 22.7 Å². The predicted octanol–water partition coefficient (Wildman–Crippen LogP) is 2.45. The molecular formula is C15H17Cl2N3O2. The van der Waals surface area contributed by atoms with Crippen molar-refractivity contribution in [2.45, 2.75) is 12.5 Å². The van der Waals surface area contributed by atoms with Gasteiger partial charge in [-0.15, -0.1) is 24.8 Å². The lowest BCUT2D eigenvalue weighted by Gasteiger charge is -2.10. The number of hydrogen-bond acceptors (Lipinski definition) is 5. The Bertz CT molecular complexity index is 632. The van der Waals surface area contributed by atoms with E-state index in [9.17, 15) is 0 Å². The highest BCUT2D eigenvalue weighted by Gasteiger charge is 2.07. The number of hydrogen-bond donors (Lipinski definition) is 2. The van der Waals surface area contributed by atoms with E-state index in [0.29, 0.717) is 17.7 Å². The molecular weight excluding hydrogens is 325 g/mol. The largest absolute Gasteiger partial charge is 0.438 e. The Morgan fingerprint density at radius 3 is 2.73 bits per heavy atom. The maximum absolute atomic E-state index is 8.99. The van der Waals surface area contributed by atoms with Crippen molar-refractivity contribution in [1.82, 2.24) is 4.98 Å². The maximum Gasteiger partial charge on any atom is 0.237 e. The van der Waals surface area contributed by atoms with Crippen LogP contribution in [0.1, 0.15) is 11.1 Å². The van der Waals surface area contributed by atoms with Gasteiger partial charge in [0.2, 0.25) is 5.88 Å². The summed E-state index contributed by atoms with van der Waals surface area (Å²) in [6.45, 7) is -0.0656. The van der Waals surface area contributed by atoms with E-state index in [2.05, 4.69) is 4.98 Å². The molecule has 1 aromatic carbocycles. The third-order valence-corrected chi connectivity index (χ3v) is 2.74. The third-order valence-electron chi connectivity index (χ3n) is 2.74. The second-order valence-corrected chi connectivity index (χ2v) is 4.36. The van der Waals surface area contributed by atoms with E-state index in [1.54, 1.807) is 24.4 Å². The number of rotatable bonds is 5. The fourth-order valence-corrected chi connectivity index (χ4v) is 1.77. The molecule has 5 nitrogen and oxygen atoms in total. The van der Waals surface area contributed by atoms with Gasteiger partial charge in [0, 0.05) is 12.2 Å². The van der Waals surface area contributed by atoms with E-state index in [-0.39, 0.29) is 43.3 Å². The predicted molar refractivity (Wildman–Crippen MR) is 88.7 cm³/mol. The molecule has 1 aromatic heterocycles. The lowest BCUT2D eigenvalue weighted by atomic mass is 10.1. The van der Waals surface area contributed by atoms with Gasteiger partial charge < -0.3 is 15.6 Å². The second-order valence-electron chi connectivity index (χ2n) is 4.36. The first-order chi connectivity index (χ1) is 9.72. The molecule has 1 heterocycles. The van der Waals surface area contributed by atoms with Crippen LogP contribution in [0.5, 0.6) is 11.6 Å². The first-order valence-electron chi connectivity index (χ1n) is 6.21. The van der Waals surface area contributed by atoms with Crippen LogP contribution < -0.4 is 10.5 Å². The van der Waals surface area contributed by atoms with Crippen LogP contribution in [0.2, 0.25) is 0 Å². The molecule has 0 unspecified atom stereocenters. The average Bonchev–Trinajstić information content (AvgIpc) is 2.48. The molecule has 2 rings (SSSR count). The van der Waals surface area contributed by atoms with E-state index in [0.717, 1.165) is 5.56 Å². The number of ether oxygens (including phenoxy) is 1. The van der Waals surface area contributed by atoms with Gasteiger partial charge in [0.05, 0.1) is 6.61 Å². The molecule has 0 aliphatic rings. The molecule has 0 spiro atoms. The molecule has 7 heteroatoms. The van der Waals surface area contributed by atoms with Gasteiger partial charge in [-0.05, 0) is 36.2 Å². The van der Waals surface area contributed by atoms with Crippen LogP contribution in [0.3, 0.4) is 0 Å². The highest BCUT2D eigenvalue weighted by molar-refractivity contribution is 5.85. The number of aromatic nitrogens is 1. The van der Waals surface area contributed by atoms with E-state index < -0.39 is 0 Å². The Morgan fingerprint density at radius 2 is 2.05 bits per heavy atom.